The standard InChI is InChI=1S/C6H11NOS/c8-9-5-7-3-1-6(9)2-4-7/h6H,1-5H2/t9-/m1/s1. The van der Waals surface area contributed by atoms with Crippen LogP contribution < -0.4 is 0 Å². The summed E-state index contributed by atoms with van der Waals surface area (Å²) in [6, 6.07) is 0. The highest BCUT2D eigenvalue weighted by atomic mass is 32.2. The zero-order valence-electron chi connectivity index (χ0n) is 5.38. The van der Waals surface area contributed by atoms with Crippen molar-refractivity contribution >= 4 is 11.2 Å². The molecule has 0 amide bonds. The maximum absolute atomic E-state index is 11.1. The summed E-state index contributed by atoms with van der Waals surface area (Å²) in [7, 11) is 0. The van der Waals surface area contributed by atoms with Gasteiger partial charge in [0.1, 0.15) is 5.25 Å². The van der Waals surface area contributed by atoms with Gasteiger partial charge in [-0.15, -0.1) is 0 Å². The Balaban J connectivity index is 2.06. The zero-order chi connectivity index (χ0) is 6.27. The summed E-state index contributed by atoms with van der Waals surface area (Å²) in [4.78, 5) is 2.30. The predicted molar refractivity (Wildman–Crippen MR) is 37.6 cm³/mol. The van der Waals surface area contributed by atoms with Gasteiger partial charge in [0.25, 0.3) is 0 Å². The molecule has 2 bridgehead atoms. The van der Waals surface area contributed by atoms with E-state index in [-0.39, 0.29) is 0 Å². The Hall–Kier alpha value is 0.270. The van der Waals surface area contributed by atoms with Crippen molar-refractivity contribution in [3.63, 3.8) is 0 Å². The second-order valence-corrected chi connectivity index (χ2v) is 4.51. The van der Waals surface area contributed by atoms with Crippen molar-refractivity contribution in [3.05, 3.63) is 0 Å². The van der Waals surface area contributed by atoms with Crippen LogP contribution in [0.2, 0.25) is 0 Å². The molecule has 2 nitrogen and oxygen atoms in total. The van der Waals surface area contributed by atoms with E-state index in [0.717, 1.165) is 5.88 Å². The molecule has 0 unspecified atom stereocenters. The molecule has 3 aliphatic rings. The summed E-state index contributed by atoms with van der Waals surface area (Å²) in [6.07, 6.45) is 2.35. The molecule has 3 saturated heterocycles. The van der Waals surface area contributed by atoms with Gasteiger partial charge in [0.2, 0.25) is 0 Å². The van der Waals surface area contributed by atoms with E-state index < -0.39 is 11.2 Å². The Kier molecular flexibility index (Phi) is 1.43. The molecule has 0 spiro atoms. The number of piperidine rings is 1. The summed E-state index contributed by atoms with van der Waals surface area (Å²) in [5, 5.41) is 0.551. The fourth-order valence-electron chi connectivity index (χ4n) is 1.59. The maximum Gasteiger partial charge on any atom is 0.159 e. The van der Waals surface area contributed by atoms with E-state index in [2.05, 4.69) is 4.90 Å². The minimum absolute atomic E-state index is 0.502. The Morgan fingerprint density at radius 3 is 2.22 bits per heavy atom. The lowest BCUT2D eigenvalue weighted by atomic mass is 10.1. The first-order valence-electron chi connectivity index (χ1n) is 3.46. The van der Waals surface area contributed by atoms with Crippen molar-refractivity contribution in [2.45, 2.75) is 18.1 Å². The average Bonchev–Trinajstić information content (AvgIpc) is 1.90. The van der Waals surface area contributed by atoms with Crippen LogP contribution in [0.4, 0.5) is 0 Å². The molecular formula is C6H11NOS. The van der Waals surface area contributed by atoms with Gasteiger partial charge in [-0.1, -0.05) is 0 Å². The van der Waals surface area contributed by atoms with Crippen molar-refractivity contribution in [2.24, 2.45) is 0 Å². The van der Waals surface area contributed by atoms with Crippen molar-refractivity contribution in [1.29, 1.82) is 0 Å². The van der Waals surface area contributed by atoms with Gasteiger partial charge >= 0.3 is 0 Å². The number of rotatable bonds is 0. The van der Waals surface area contributed by atoms with E-state index in [1.165, 1.54) is 25.9 Å². The monoisotopic (exact) mass is 145 g/mol. The van der Waals surface area contributed by atoms with Crippen molar-refractivity contribution in [3.8, 4) is 0 Å². The van der Waals surface area contributed by atoms with Gasteiger partial charge in [-0.05, 0) is 11.2 Å². The summed E-state index contributed by atoms with van der Waals surface area (Å²) >= 11 is -0.502. The Morgan fingerprint density at radius 2 is 2.00 bits per heavy atom. The second kappa shape index (κ2) is 2.15. The van der Waals surface area contributed by atoms with Crippen LogP contribution in [0.3, 0.4) is 0 Å². The van der Waals surface area contributed by atoms with E-state index in [0.29, 0.717) is 5.25 Å². The Morgan fingerprint density at radius 1 is 1.33 bits per heavy atom. The highest BCUT2D eigenvalue weighted by Crippen LogP contribution is 2.25. The van der Waals surface area contributed by atoms with Crippen LogP contribution in [0, 0.1) is 0 Å². The average molecular weight is 145 g/mol. The fourth-order valence-corrected chi connectivity index (χ4v) is 3.15. The largest absolute Gasteiger partial charge is 0.615 e. The SMILES string of the molecule is [O-][S@+]1CN2CCC1CC2. The second-order valence-electron chi connectivity index (χ2n) is 2.83. The molecule has 3 fully saturated rings. The molecule has 3 heteroatoms. The third-order valence-corrected chi connectivity index (χ3v) is 4.05. The highest BCUT2D eigenvalue weighted by molar-refractivity contribution is 7.92. The quantitative estimate of drug-likeness (QED) is 0.454. The van der Waals surface area contributed by atoms with E-state index in [4.69, 9.17) is 0 Å². The van der Waals surface area contributed by atoms with E-state index in [1.807, 2.05) is 0 Å². The maximum atomic E-state index is 11.1. The van der Waals surface area contributed by atoms with Gasteiger partial charge in [0, 0.05) is 25.9 Å². The van der Waals surface area contributed by atoms with Crippen LogP contribution in [0.5, 0.6) is 0 Å². The lowest BCUT2D eigenvalue weighted by Gasteiger charge is -2.39. The van der Waals surface area contributed by atoms with Gasteiger partial charge < -0.3 is 4.55 Å². The van der Waals surface area contributed by atoms with Crippen LogP contribution in [0.25, 0.3) is 0 Å². The van der Waals surface area contributed by atoms with Crippen LogP contribution >= 0.6 is 0 Å². The highest BCUT2D eigenvalue weighted by Gasteiger charge is 2.35. The Bertz CT molecular complexity index is 112. The van der Waals surface area contributed by atoms with Gasteiger partial charge in [0.15, 0.2) is 5.88 Å². The molecule has 1 atom stereocenters. The molecule has 0 aromatic rings. The van der Waals surface area contributed by atoms with Crippen LogP contribution in [0.1, 0.15) is 12.8 Å². The Labute approximate surface area is 58.4 Å². The van der Waals surface area contributed by atoms with Crippen molar-refractivity contribution < 1.29 is 4.55 Å². The van der Waals surface area contributed by atoms with Crippen molar-refractivity contribution in [1.82, 2.24) is 4.90 Å². The number of hydrogen-bond donors (Lipinski definition) is 0. The summed E-state index contributed by atoms with van der Waals surface area (Å²) in [5.41, 5.74) is 0. The minimum atomic E-state index is -0.502. The topological polar surface area (TPSA) is 26.3 Å². The summed E-state index contributed by atoms with van der Waals surface area (Å²) in [6.45, 7) is 2.38. The summed E-state index contributed by atoms with van der Waals surface area (Å²) in [5.74, 6) is 0.852. The molecule has 0 aromatic heterocycles. The zero-order valence-corrected chi connectivity index (χ0v) is 6.19. The third kappa shape index (κ3) is 0.974. The molecular weight excluding hydrogens is 134 g/mol. The third-order valence-electron chi connectivity index (χ3n) is 2.22. The van der Waals surface area contributed by atoms with Gasteiger partial charge in [0.05, 0.1) is 0 Å². The van der Waals surface area contributed by atoms with Crippen LogP contribution in [-0.4, -0.2) is 33.7 Å². The molecule has 9 heavy (non-hydrogen) atoms. The van der Waals surface area contributed by atoms with Crippen LogP contribution in [-0.2, 0) is 11.2 Å². The lowest BCUT2D eigenvalue weighted by molar-refractivity contribution is 0.237. The molecule has 52 valence electrons. The van der Waals surface area contributed by atoms with Crippen LogP contribution in [0.15, 0.2) is 0 Å². The van der Waals surface area contributed by atoms with E-state index in [9.17, 15) is 4.55 Å². The fraction of sp³-hybridized carbons (Fsp3) is 1.00. The van der Waals surface area contributed by atoms with E-state index >= 15 is 0 Å². The van der Waals surface area contributed by atoms with Gasteiger partial charge in [-0.25, -0.2) is 0 Å². The summed E-state index contributed by atoms with van der Waals surface area (Å²) < 4.78 is 11.1. The molecule has 0 aliphatic carbocycles. The number of nitrogens with zero attached hydrogens (tertiary/aromatic N) is 1. The van der Waals surface area contributed by atoms with Crippen molar-refractivity contribution in [2.75, 3.05) is 19.0 Å². The molecule has 3 rings (SSSR count). The van der Waals surface area contributed by atoms with E-state index in [1.54, 1.807) is 0 Å². The molecule has 0 saturated carbocycles. The predicted octanol–water partition coefficient (Wildman–Crippen LogP) is 0.171. The first-order valence-corrected chi connectivity index (χ1v) is 4.84. The molecule has 3 heterocycles. The minimum Gasteiger partial charge on any atom is -0.615 e. The molecule has 0 aromatic carbocycles. The molecule has 3 aliphatic heterocycles. The van der Waals surface area contributed by atoms with Gasteiger partial charge in [-0.3, -0.25) is 4.90 Å². The molecule has 0 N–H and O–H groups in total. The van der Waals surface area contributed by atoms with Gasteiger partial charge in [-0.2, -0.15) is 0 Å². The smallest absolute Gasteiger partial charge is 0.159 e. The normalized spacial score (nSPS) is 49.7. The number of hydrogen-bond acceptors (Lipinski definition) is 2. The molecule has 0 radical (unpaired) electrons. The first-order chi connectivity index (χ1) is 4.36. The first kappa shape index (κ1) is 6.01. The lowest BCUT2D eigenvalue weighted by Crippen LogP contribution is -2.50. The number of fused-ring (bicyclic) bond motifs is 3.